The van der Waals surface area contributed by atoms with Crippen molar-refractivity contribution in [1.29, 1.82) is 0 Å². The number of hydrogen-bond acceptors (Lipinski definition) is 5. The minimum atomic E-state index is -3.03. The fraction of sp³-hybridized carbons (Fsp3) is 0.750. The summed E-state index contributed by atoms with van der Waals surface area (Å²) in [6, 6.07) is 0. The smallest absolute Gasteiger partial charge is 0.196 e. The quantitative estimate of drug-likeness (QED) is 0.727. The number of thioether (sulfide) groups is 1. The Morgan fingerprint density at radius 1 is 1.82 bits per heavy atom. The predicted octanol–water partition coefficient (Wildman–Crippen LogP) is 0.359. The van der Waals surface area contributed by atoms with Gasteiger partial charge in [-0.2, -0.15) is 5.10 Å². The Kier molecular flexibility index (Phi) is 2.82. The molecule has 1 atom stereocenters. The molecule has 4 nitrogen and oxygen atoms in total. The molecular weight excluding hydrogens is 252 g/mol. The lowest BCUT2D eigenvalue weighted by molar-refractivity contribution is 0.591. The lowest BCUT2D eigenvalue weighted by Gasteiger charge is -2.04. The summed E-state index contributed by atoms with van der Waals surface area (Å²) in [4.78, 5) is 0. The third-order valence-corrected chi connectivity index (χ3v) is 4.99. The highest BCUT2D eigenvalue weighted by Gasteiger charge is 2.27. The number of nitrogens with zero attached hydrogens (tertiary/aromatic N) is 1. The van der Waals surface area contributed by atoms with Gasteiger partial charge >= 0.3 is 0 Å². The Hall–Kier alpha value is 0.250. The lowest BCUT2D eigenvalue weighted by Crippen LogP contribution is -2.25. The van der Waals surface area contributed by atoms with E-state index in [9.17, 15) is 8.42 Å². The van der Waals surface area contributed by atoms with Gasteiger partial charge in [0, 0.05) is 6.26 Å². The van der Waals surface area contributed by atoms with E-state index in [0.717, 1.165) is 5.04 Å². The molecule has 1 aliphatic heterocycles. The molecule has 0 radical (unpaired) electrons. The van der Waals surface area contributed by atoms with Gasteiger partial charge in [-0.25, -0.2) is 8.42 Å². The summed E-state index contributed by atoms with van der Waals surface area (Å²) in [6.45, 7) is 0. The summed E-state index contributed by atoms with van der Waals surface area (Å²) < 4.78 is 21.2. The fourth-order valence-corrected chi connectivity index (χ4v) is 2.86. The van der Waals surface area contributed by atoms with Crippen LogP contribution in [0, 0.1) is 0 Å². The SMILES string of the molecule is CS(=O)(=O)C1NN=C(CBr)S1. The van der Waals surface area contributed by atoms with E-state index in [0.29, 0.717) is 5.33 Å². The van der Waals surface area contributed by atoms with Crippen LogP contribution in [0.1, 0.15) is 0 Å². The third kappa shape index (κ3) is 2.34. The molecule has 0 spiro atoms. The van der Waals surface area contributed by atoms with E-state index in [-0.39, 0.29) is 0 Å². The van der Waals surface area contributed by atoms with E-state index in [2.05, 4.69) is 26.5 Å². The van der Waals surface area contributed by atoms with Crippen LogP contribution in [0.3, 0.4) is 0 Å². The number of halogens is 1. The van der Waals surface area contributed by atoms with Crippen LogP contribution in [-0.4, -0.2) is 29.8 Å². The summed E-state index contributed by atoms with van der Waals surface area (Å²) in [5, 5.41) is 5.16. The summed E-state index contributed by atoms with van der Waals surface area (Å²) in [5.74, 6) is 0. The molecule has 1 aliphatic rings. The van der Waals surface area contributed by atoms with Gasteiger partial charge in [0.05, 0.1) is 5.33 Å². The largest absolute Gasteiger partial charge is 0.281 e. The second kappa shape index (κ2) is 3.32. The molecular formula is C4H7BrN2O2S2. The molecule has 1 unspecified atom stereocenters. The number of hydrogen-bond donors (Lipinski definition) is 1. The molecule has 7 heteroatoms. The second-order valence-corrected chi connectivity index (χ2v) is 6.22. The third-order valence-electron chi connectivity index (χ3n) is 1.04. The van der Waals surface area contributed by atoms with Gasteiger partial charge in [-0.3, -0.25) is 5.43 Å². The molecule has 0 aromatic carbocycles. The molecule has 1 N–H and O–H groups in total. The van der Waals surface area contributed by atoms with E-state index < -0.39 is 14.5 Å². The van der Waals surface area contributed by atoms with Gasteiger partial charge in [0.2, 0.25) is 0 Å². The Bertz CT molecular complexity index is 274. The van der Waals surface area contributed by atoms with Crippen molar-refractivity contribution in [3.05, 3.63) is 0 Å². The van der Waals surface area contributed by atoms with Gasteiger partial charge in [0.25, 0.3) is 0 Å². The first-order chi connectivity index (χ1) is 5.04. The standard InChI is InChI=1S/C4H7BrN2O2S2/c1-11(8,9)4-7-6-3(2-5)10-4/h4,7H,2H2,1H3. The van der Waals surface area contributed by atoms with Gasteiger partial charge in [0.1, 0.15) is 5.04 Å². The highest BCUT2D eigenvalue weighted by atomic mass is 79.9. The van der Waals surface area contributed by atoms with Crippen molar-refractivity contribution in [1.82, 2.24) is 5.43 Å². The van der Waals surface area contributed by atoms with Gasteiger partial charge < -0.3 is 0 Å². The van der Waals surface area contributed by atoms with Crippen molar-refractivity contribution in [2.45, 2.75) is 4.71 Å². The first-order valence-electron chi connectivity index (χ1n) is 2.77. The summed E-state index contributed by atoms with van der Waals surface area (Å²) in [6.07, 6.45) is 1.18. The highest BCUT2D eigenvalue weighted by Crippen LogP contribution is 2.21. The van der Waals surface area contributed by atoms with Crippen molar-refractivity contribution >= 4 is 42.6 Å². The zero-order chi connectivity index (χ0) is 8.48. The number of hydrazone groups is 1. The van der Waals surface area contributed by atoms with Crippen LogP contribution in [0.15, 0.2) is 5.10 Å². The zero-order valence-corrected chi connectivity index (χ0v) is 8.96. The highest BCUT2D eigenvalue weighted by molar-refractivity contribution is 9.09. The van der Waals surface area contributed by atoms with E-state index >= 15 is 0 Å². The van der Waals surface area contributed by atoms with Gasteiger partial charge in [-0.1, -0.05) is 27.7 Å². The summed E-state index contributed by atoms with van der Waals surface area (Å²) >= 11 is 4.41. The minimum Gasteiger partial charge on any atom is -0.281 e. The van der Waals surface area contributed by atoms with E-state index in [4.69, 9.17) is 0 Å². The van der Waals surface area contributed by atoms with Crippen LogP contribution in [0.5, 0.6) is 0 Å². The first-order valence-corrected chi connectivity index (χ1v) is 6.73. The van der Waals surface area contributed by atoms with E-state index in [1.54, 1.807) is 0 Å². The summed E-state index contributed by atoms with van der Waals surface area (Å²) in [7, 11) is -3.03. The average molecular weight is 259 g/mol. The zero-order valence-electron chi connectivity index (χ0n) is 5.74. The maximum absolute atomic E-state index is 10.9. The lowest BCUT2D eigenvalue weighted by atomic mass is 10.9. The topological polar surface area (TPSA) is 58.5 Å². The second-order valence-electron chi connectivity index (χ2n) is 2.05. The molecule has 0 amide bonds. The molecule has 1 rings (SSSR count). The van der Waals surface area contributed by atoms with Crippen LogP contribution in [0.4, 0.5) is 0 Å². The molecule has 64 valence electrons. The molecule has 11 heavy (non-hydrogen) atoms. The van der Waals surface area contributed by atoms with Crippen LogP contribution in [0.2, 0.25) is 0 Å². The first kappa shape index (κ1) is 9.34. The van der Waals surface area contributed by atoms with Crippen LogP contribution in [-0.2, 0) is 9.84 Å². The minimum absolute atomic E-state index is 0.594. The van der Waals surface area contributed by atoms with E-state index in [1.165, 1.54) is 18.0 Å². The molecule has 0 aliphatic carbocycles. The molecule has 0 saturated carbocycles. The number of alkyl halides is 1. The number of sulfone groups is 1. The Morgan fingerprint density at radius 3 is 2.73 bits per heavy atom. The van der Waals surface area contributed by atoms with Gasteiger partial charge in [-0.15, -0.1) is 0 Å². The molecule has 0 saturated heterocycles. The number of rotatable bonds is 2. The number of nitrogens with one attached hydrogen (secondary N) is 1. The van der Waals surface area contributed by atoms with Crippen molar-refractivity contribution in [3.8, 4) is 0 Å². The molecule has 0 fully saturated rings. The monoisotopic (exact) mass is 258 g/mol. The molecule has 1 heterocycles. The molecule has 0 bridgehead atoms. The van der Waals surface area contributed by atoms with Crippen LogP contribution < -0.4 is 5.43 Å². The Balaban J connectivity index is 2.62. The van der Waals surface area contributed by atoms with Gasteiger partial charge in [0.15, 0.2) is 14.5 Å². The average Bonchev–Trinajstić information content (AvgIpc) is 2.32. The van der Waals surface area contributed by atoms with Crippen LogP contribution in [0.25, 0.3) is 0 Å². The predicted molar refractivity (Wildman–Crippen MR) is 50.6 cm³/mol. The van der Waals surface area contributed by atoms with Gasteiger partial charge in [-0.05, 0) is 0 Å². The fourth-order valence-electron chi connectivity index (χ4n) is 0.545. The Labute approximate surface area is 77.9 Å². The van der Waals surface area contributed by atoms with Crippen LogP contribution >= 0.6 is 27.7 Å². The normalized spacial score (nSPS) is 24.5. The van der Waals surface area contributed by atoms with Crippen molar-refractivity contribution in [3.63, 3.8) is 0 Å². The van der Waals surface area contributed by atoms with Crippen molar-refractivity contribution < 1.29 is 8.42 Å². The maximum atomic E-state index is 10.9. The van der Waals surface area contributed by atoms with E-state index in [1.807, 2.05) is 0 Å². The summed E-state index contributed by atoms with van der Waals surface area (Å²) in [5.41, 5.74) is 2.53. The Morgan fingerprint density at radius 2 is 2.45 bits per heavy atom. The maximum Gasteiger partial charge on any atom is 0.196 e. The molecule has 0 aromatic rings. The molecule has 0 aromatic heterocycles. The van der Waals surface area contributed by atoms with Crippen molar-refractivity contribution in [2.24, 2.45) is 5.10 Å². The van der Waals surface area contributed by atoms with Crippen molar-refractivity contribution in [2.75, 3.05) is 11.6 Å².